The number of hydrogen-bond acceptors (Lipinski definition) is 2. The molecule has 0 aliphatic rings. The summed E-state index contributed by atoms with van der Waals surface area (Å²) >= 11 is 1.73. The second-order valence-electron chi connectivity index (χ2n) is 2.26. The average molecular weight is 182 g/mol. The van der Waals surface area contributed by atoms with Crippen LogP contribution >= 0.6 is 11.8 Å². The van der Waals surface area contributed by atoms with Gasteiger partial charge < -0.3 is 0 Å². The highest BCUT2D eigenvalue weighted by atomic mass is 32.2. The van der Waals surface area contributed by atoms with Crippen molar-refractivity contribution < 1.29 is 0 Å². The summed E-state index contributed by atoms with van der Waals surface area (Å²) in [7, 11) is 0. The molecule has 0 atom stereocenters. The highest BCUT2D eigenvalue weighted by Crippen LogP contribution is 2.09. The zero-order valence-corrected chi connectivity index (χ0v) is 8.22. The number of thioether (sulfide) groups is 1. The lowest BCUT2D eigenvalue weighted by molar-refractivity contribution is 0.445. The van der Waals surface area contributed by atoms with Crippen LogP contribution in [0.5, 0.6) is 0 Å². The van der Waals surface area contributed by atoms with Crippen LogP contribution in [0.3, 0.4) is 0 Å². The Bertz CT molecular complexity index is 133. The molecule has 0 aliphatic carbocycles. The van der Waals surface area contributed by atoms with Gasteiger partial charge in [-0.15, -0.1) is 31.5 Å². The van der Waals surface area contributed by atoms with E-state index < -0.39 is 0 Å². The molecule has 2 heteroatoms. The molecule has 1 radical (unpaired) electrons. The smallest absolute Gasteiger partial charge is 0.0818 e. The van der Waals surface area contributed by atoms with Gasteiger partial charge in [0.15, 0.2) is 0 Å². The third kappa shape index (κ3) is 6.25. The number of rotatable bonds is 8. The van der Waals surface area contributed by atoms with Crippen molar-refractivity contribution in [2.45, 2.75) is 0 Å². The average Bonchev–Trinajstić information content (AvgIpc) is 2.06. The van der Waals surface area contributed by atoms with E-state index in [2.05, 4.69) is 30.5 Å². The van der Waals surface area contributed by atoms with Crippen molar-refractivity contribution in [1.82, 2.24) is 4.90 Å². The molecule has 0 N–H and O–H groups in total. The Morgan fingerprint density at radius 2 is 1.58 bits per heavy atom. The van der Waals surface area contributed by atoms with Gasteiger partial charge in [0.05, 0.1) is 5.88 Å². The van der Waals surface area contributed by atoms with Gasteiger partial charge in [-0.25, -0.2) is 0 Å². The van der Waals surface area contributed by atoms with Gasteiger partial charge in [-0.05, 0) is 0 Å². The second kappa shape index (κ2) is 8.62. The van der Waals surface area contributed by atoms with Gasteiger partial charge in [-0.1, -0.05) is 18.2 Å². The van der Waals surface area contributed by atoms with Crippen LogP contribution in [0.1, 0.15) is 0 Å². The fourth-order valence-electron chi connectivity index (χ4n) is 0.709. The summed E-state index contributed by atoms with van der Waals surface area (Å²) in [6.07, 6.45) is 5.66. The van der Waals surface area contributed by atoms with Gasteiger partial charge >= 0.3 is 0 Å². The van der Waals surface area contributed by atoms with Crippen LogP contribution in [0.15, 0.2) is 38.0 Å². The Labute approximate surface area is 79.8 Å². The van der Waals surface area contributed by atoms with E-state index in [0.717, 1.165) is 18.8 Å². The normalized spacial score (nSPS) is 9.75. The third-order valence-electron chi connectivity index (χ3n) is 1.16. The molecule has 0 spiro atoms. The minimum atomic E-state index is 0.871. The summed E-state index contributed by atoms with van der Waals surface area (Å²) in [6.45, 7) is 12.8. The SMILES string of the molecule is C=CCS[CH]N(CC=C)CC=C. The largest absolute Gasteiger partial charge is 0.282 e. The van der Waals surface area contributed by atoms with Crippen LogP contribution in [-0.2, 0) is 0 Å². The summed E-state index contributed by atoms with van der Waals surface area (Å²) in [6, 6.07) is 0. The van der Waals surface area contributed by atoms with Gasteiger partial charge in [0.1, 0.15) is 0 Å². The highest BCUT2D eigenvalue weighted by molar-refractivity contribution is 8.01. The summed E-state index contributed by atoms with van der Waals surface area (Å²) in [5.74, 6) is 3.04. The lowest BCUT2D eigenvalue weighted by Gasteiger charge is -2.16. The zero-order chi connectivity index (χ0) is 9.23. The highest BCUT2D eigenvalue weighted by Gasteiger charge is 1.98. The van der Waals surface area contributed by atoms with Gasteiger partial charge in [-0.2, -0.15) is 0 Å². The molecule has 0 aromatic rings. The van der Waals surface area contributed by atoms with Gasteiger partial charge in [0.25, 0.3) is 0 Å². The molecule has 0 heterocycles. The first-order valence-electron chi connectivity index (χ1n) is 3.86. The van der Waals surface area contributed by atoms with E-state index in [1.165, 1.54) is 0 Å². The molecule has 0 saturated heterocycles. The predicted molar refractivity (Wildman–Crippen MR) is 58.9 cm³/mol. The fourth-order valence-corrected chi connectivity index (χ4v) is 1.31. The summed E-state index contributed by atoms with van der Waals surface area (Å²) in [5, 5.41) is 0. The van der Waals surface area contributed by atoms with Gasteiger partial charge in [-0.3, -0.25) is 4.90 Å². The van der Waals surface area contributed by atoms with Crippen LogP contribution in [0, 0.1) is 5.88 Å². The van der Waals surface area contributed by atoms with Crippen LogP contribution in [-0.4, -0.2) is 23.7 Å². The topological polar surface area (TPSA) is 3.24 Å². The van der Waals surface area contributed by atoms with Crippen LogP contribution < -0.4 is 0 Å². The Kier molecular flexibility index (Phi) is 8.29. The fraction of sp³-hybridized carbons (Fsp3) is 0.300. The van der Waals surface area contributed by atoms with E-state index in [9.17, 15) is 0 Å². The first-order chi connectivity index (χ1) is 5.85. The standard InChI is InChI=1S/C10H16NS/c1-4-7-11(8-5-2)10-12-9-6-3/h4-6,10H,1-3,7-9H2. The molecule has 1 nitrogen and oxygen atoms in total. The predicted octanol–water partition coefficient (Wildman–Crippen LogP) is 2.70. The minimum Gasteiger partial charge on any atom is -0.282 e. The Morgan fingerprint density at radius 1 is 1.00 bits per heavy atom. The van der Waals surface area contributed by atoms with Crippen LogP contribution in [0.4, 0.5) is 0 Å². The third-order valence-corrected chi connectivity index (χ3v) is 2.04. The molecule has 0 amide bonds. The molecule has 12 heavy (non-hydrogen) atoms. The Morgan fingerprint density at radius 3 is 2.00 bits per heavy atom. The van der Waals surface area contributed by atoms with Crippen molar-refractivity contribution in [2.75, 3.05) is 18.8 Å². The minimum absolute atomic E-state index is 0.871. The lowest BCUT2D eigenvalue weighted by Crippen LogP contribution is -2.19. The van der Waals surface area contributed by atoms with Crippen molar-refractivity contribution in [1.29, 1.82) is 0 Å². The van der Waals surface area contributed by atoms with Gasteiger partial charge in [0, 0.05) is 18.8 Å². The monoisotopic (exact) mass is 182 g/mol. The maximum absolute atomic E-state index is 3.69. The van der Waals surface area contributed by atoms with E-state index in [-0.39, 0.29) is 0 Å². The van der Waals surface area contributed by atoms with Gasteiger partial charge in [0.2, 0.25) is 0 Å². The van der Waals surface area contributed by atoms with E-state index in [4.69, 9.17) is 0 Å². The Balaban J connectivity index is 3.53. The first-order valence-corrected chi connectivity index (χ1v) is 4.91. The molecule has 67 valence electrons. The second-order valence-corrected chi connectivity index (χ2v) is 3.14. The quantitative estimate of drug-likeness (QED) is 0.419. The maximum Gasteiger partial charge on any atom is 0.0818 e. The first kappa shape index (κ1) is 11.5. The van der Waals surface area contributed by atoms with Crippen molar-refractivity contribution in [3.63, 3.8) is 0 Å². The molecule has 0 aromatic carbocycles. The molecule has 0 aromatic heterocycles. The van der Waals surface area contributed by atoms with Crippen molar-refractivity contribution in [2.24, 2.45) is 0 Å². The summed E-state index contributed by atoms with van der Waals surface area (Å²) < 4.78 is 0. The molecule has 0 rings (SSSR count). The molecule has 0 fully saturated rings. The molecular formula is C10H16NS. The summed E-state index contributed by atoms with van der Waals surface area (Å²) in [5.41, 5.74) is 0. The molecule has 0 aliphatic heterocycles. The van der Waals surface area contributed by atoms with E-state index >= 15 is 0 Å². The van der Waals surface area contributed by atoms with E-state index in [1.807, 2.05) is 18.2 Å². The number of nitrogens with zero attached hydrogens (tertiary/aromatic N) is 1. The lowest BCUT2D eigenvalue weighted by atomic mass is 10.5. The van der Waals surface area contributed by atoms with Crippen LogP contribution in [0.2, 0.25) is 0 Å². The molecule has 0 saturated carbocycles. The summed E-state index contributed by atoms with van der Waals surface area (Å²) in [4.78, 5) is 2.15. The van der Waals surface area contributed by atoms with Crippen molar-refractivity contribution in [3.05, 3.63) is 43.8 Å². The molecule has 0 unspecified atom stereocenters. The zero-order valence-electron chi connectivity index (χ0n) is 7.41. The number of hydrogen-bond donors (Lipinski definition) is 0. The molecular weight excluding hydrogens is 166 g/mol. The van der Waals surface area contributed by atoms with Crippen molar-refractivity contribution in [3.8, 4) is 0 Å². The maximum atomic E-state index is 3.69. The van der Waals surface area contributed by atoms with E-state index in [1.54, 1.807) is 11.8 Å². The van der Waals surface area contributed by atoms with Crippen LogP contribution in [0.25, 0.3) is 0 Å². The molecule has 0 bridgehead atoms. The van der Waals surface area contributed by atoms with E-state index in [0.29, 0.717) is 0 Å². The Hall–Kier alpha value is -0.470. The van der Waals surface area contributed by atoms with Crippen molar-refractivity contribution >= 4 is 11.8 Å².